The monoisotopic (exact) mass is 405 g/mol. The van der Waals surface area contributed by atoms with Gasteiger partial charge in [-0.05, 0) is 23.8 Å². The van der Waals surface area contributed by atoms with Crippen LogP contribution in [0.3, 0.4) is 0 Å². The maximum absolute atomic E-state index is 12.7. The molecule has 7 nitrogen and oxygen atoms in total. The highest BCUT2D eigenvalue weighted by Crippen LogP contribution is 2.21. The van der Waals surface area contributed by atoms with Crippen LogP contribution in [-0.2, 0) is 0 Å². The van der Waals surface area contributed by atoms with E-state index in [0.29, 0.717) is 31.9 Å². The minimum atomic E-state index is -0.101. The topological polar surface area (TPSA) is 67.9 Å². The van der Waals surface area contributed by atoms with Crippen LogP contribution >= 0.6 is 0 Å². The molecule has 0 spiro atoms. The minimum absolute atomic E-state index is 0.0995. The summed E-state index contributed by atoms with van der Waals surface area (Å²) in [6.07, 6.45) is 4.30. The van der Waals surface area contributed by atoms with Gasteiger partial charge in [0.25, 0.3) is 0 Å². The molecule has 0 atom stereocenters. The number of hydrogen-bond acceptors (Lipinski definition) is 3. The van der Waals surface area contributed by atoms with Gasteiger partial charge < -0.3 is 15.5 Å². The van der Waals surface area contributed by atoms with Crippen molar-refractivity contribution in [1.82, 2.24) is 15.1 Å². The van der Waals surface area contributed by atoms with Crippen molar-refractivity contribution < 1.29 is 9.59 Å². The number of carbonyl (C=O) groups is 2. The Morgan fingerprint density at radius 2 is 1.80 bits per heavy atom. The third-order valence-electron chi connectivity index (χ3n) is 5.40. The predicted octanol–water partition coefficient (Wildman–Crippen LogP) is 3.08. The molecule has 2 N–H and O–H groups in total. The minimum Gasteiger partial charge on any atom is -0.336 e. The first-order valence-corrected chi connectivity index (χ1v) is 10.3. The predicted molar refractivity (Wildman–Crippen MR) is 120 cm³/mol. The molecule has 0 aromatic heterocycles. The maximum Gasteiger partial charge on any atom is 0.321 e. The highest BCUT2D eigenvalue weighted by molar-refractivity contribution is 5.95. The van der Waals surface area contributed by atoms with Crippen LogP contribution < -0.4 is 15.5 Å². The van der Waals surface area contributed by atoms with Gasteiger partial charge in [0, 0.05) is 57.2 Å². The van der Waals surface area contributed by atoms with Crippen molar-refractivity contribution in [1.29, 1.82) is 0 Å². The van der Waals surface area contributed by atoms with E-state index in [4.69, 9.17) is 0 Å². The van der Waals surface area contributed by atoms with E-state index < -0.39 is 0 Å². The van der Waals surface area contributed by atoms with E-state index in [-0.39, 0.29) is 12.1 Å². The van der Waals surface area contributed by atoms with Crippen molar-refractivity contribution in [2.75, 3.05) is 56.0 Å². The van der Waals surface area contributed by atoms with Gasteiger partial charge in [-0.25, -0.2) is 9.59 Å². The Kier molecular flexibility index (Phi) is 6.29. The molecule has 7 heteroatoms. The van der Waals surface area contributed by atoms with Crippen LogP contribution in [0.1, 0.15) is 5.56 Å². The lowest BCUT2D eigenvalue weighted by Gasteiger charge is -2.34. The van der Waals surface area contributed by atoms with Crippen molar-refractivity contribution >= 4 is 29.5 Å². The Morgan fingerprint density at radius 1 is 1.00 bits per heavy atom. The molecule has 4 rings (SSSR count). The highest BCUT2D eigenvalue weighted by atomic mass is 16.2. The second kappa shape index (κ2) is 9.45. The van der Waals surface area contributed by atoms with Gasteiger partial charge in [-0.3, -0.25) is 9.80 Å². The lowest BCUT2D eigenvalue weighted by atomic mass is 10.2. The summed E-state index contributed by atoms with van der Waals surface area (Å²) in [7, 11) is 0. The van der Waals surface area contributed by atoms with Crippen LogP contribution in [0.2, 0.25) is 0 Å². The van der Waals surface area contributed by atoms with Crippen LogP contribution in [0.15, 0.2) is 60.7 Å². The summed E-state index contributed by atoms with van der Waals surface area (Å²) in [6.45, 7) is 5.24. The third-order valence-corrected chi connectivity index (χ3v) is 5.40. The quantitative estimate of drug-likeness (QED) is 0.803. The maximum atomic E-state index is 12.7. The molecular weight excluding hydrogens is 378 g/mol. The molecule has 4 amide bonds. The molecule has 2 saturated heterocycles. The summed E-state index contributed by atoms with van der Waals surface area (Å²) < 4.78 is 0. The van der Waals surface area contributed by atoms with Crippen molar-refractivity contribution in [2.45, 2.75) is 0 Å². The molecular formula is C23H27N5O2. The smallest absolute Gasteiger partial charge is 0.321 e. The summed E-state index contributed by atoms with van der Waals surface area (Å²) >= 11 is 0. The Hall–Kier alpha value is -3.32. The van der Waals surface area contributed by atoms with Gasteiger partial charge in [-0.1, -0.05) is 48.6 Å². The fourth-order valence-electron chi connectivity index (χ4n) is 3.71. The molecule has 2 heterocycles. The first kappa shape index (κ1) is 20.0. The van der Waals surface area contributed by atoms with E-state index in [2.05, 4.69) is 39.8 Å². The fraction of sp³-hybridized carbons (Fsp3) is 0.304. The number of piperazine rings is 1. The highest BCUT2D eigenvalue weighted by Gasteiger charge is 2.23. The normalized spacial score (nSPS) is 17.4. The second-order valence-corrected chi connectivity index (χ2v) is 7.46. The Morgan fingerprint density at radius 3 is 2.53 bits per heavy atom. The molecule has 2 aliphatic heterocycles. The Labute approximate surface area is 177 Å². The standard InChI is InChI=1S/C23H27N5O2/c29-22-24-11-13-28(22)21-10-4-9-20(18-21)25-23(30)27-16-14-26(15-17-27)12-5-8-19-6-2-1-3-7-19/h1-10,18H,11-17H2,(H,24,29)(H,25,30)/b8-5+. The van der Waals surface area contributed by atoms with Gasteiger partial charge in [0.05, 0.1) is 0 Å². The van der Waals surface area contributed by atoms with Crippen molar-refractivity contribution in [3.63, 3.8) is 0 Å². The summed E-state index contributed by atoms with van der Waals surface area (Å²) in [5, 5.41) is 5.76. The zero-order chi connectivity index (χ0) is 20.8. The van der Waals surface area contributed by atoms with Gasteiger partial charge in [0.15, 0.2) is 0 Å². The average molecular weight is 406 g/mol. The number of benzene rings is 2. The van der Waals surface area contributed by atoms with Crippen LogP contribution in [0.5, 0.6) is 0 Å². The van der Waals surface area contributed by atoms with E-state index in [1.807, 2.05) is 47.4 Å². The summed E-state index contributed by atoms with van der Waals surface area (Å²) in [5.41, 5.74) is 2.69. The van der Waals surface area contributed by atoms with E-state index >= 15 is 0 Å². The van der Waals surface area contributed by atoms with Gasteiger partial charge in [0.1, 0.15) is 0 Å². The van der Waals surface area contributed by atoms with Gasteiger partial charge in [0.2, 0.25) is 0 Å². The number of anilines is 2. The van der Waals surface area contributed by atoms with E-state index in [9.17, 15) is 9.59 Å². The number of rotatable bonds is 5. The Balaban J connectivity index is 1.25. The first-order valence-electron chi connectivity index (χ1n) is 10.3. The van der Waals surface area contributed by atoms with Gasteiger partial charge in [-0.15, -0.1) is 0 Å². The molecule has 2 aromatic rings. The van der Waals surface area contributed by atoms with Crippen LogP contribution in [0, 0.1) is 0 Å². The van der Waals surface area contributed by atoms with Crippen molar-refractivity contribution in [3.8, 4) is 0 Å². The fourth-order valence-corrected chi connectivity index (χ4v) is 3.71. The van der Waals surface area contributed by atoms with Crippen LogP contribution in [0.25, 0.3) is 6.08 Å². The lowest BCUT2D eigenvalue weighted by molar-refractivity contribution is 0.156. The SMILES string of the molecule is O=C(Nc1cccc(N2CCNC2=O)c1)N1CCN(C/C=C/c2ccccc2)CC1. The van der Waals surface area contributed by atoms with Gasteiger partial charge >= 0.3 is 12.1 Å². The largest absolute Gasteiger partial charge is 0.336 e. The molecule has 2 aliphatic rings. The lowest BCUT2D eigenvalue weighted by Crippen LogP contribution is -2.49. The van der Waals surface area contributed by atoms with E-state index in [1.54, 1.807) is 4.90 Å². The molecule has 2 aromatic carbocycles. The number of nitrogens with one attached hydrogen (secondary N) is 2. The second-order valence-electron chi connectivity index (χ2n) is 7.46. The third kappa shape index (κ3) is 4.99. The number of hydrogen-bond donors (Lipinski definition) is 2. The van der Waals surface area contributed by atoms with Crippen molar-refractivity contribution in [2.24, 2.45) is 0 Å². The number of urea groups is 2. The Bertz CT molecular complexity index is 907. The summed E-state index contributed by atoms with van der Waals surface area (Å²) in [4.78, 5) is 30.4. The van der Waals surface area contributed by atoms with Crippen LogP contribution in [0.4, 0.5) is 21.0 Å². The van der Waals surface area contributed by atoms with E-state index in [1.165, 1.54) is 5.56 Å². The number of amides is 4. The zero-order valence-electron chi connectivity index (χ0n) is 17.0. The van der Waals surface area contributed by atoms with Crippen molar-refractivity contribution in [3.05, 3.63) is 66.2 Å². The summed E-state index contributed by atoms with van der Waals surface area (Å²) in [6, 6.07) is 17.5. The summed E-state index contributed by atoms with van der Waals surface area (Å²) in [5.74, 6) is 0. The molecule has 30 heavy (non-hydrogen) atoms. The molecule has 0 bridgehead atoms. The molecule has 0 radical (unpaired) electrons. The number of carbonyl (C=O) groups excluding carboxylic acids is 2. The molecule has 156 valence electrons. The number of nitrogens with zero attached hydrogens (tertiary/aromatic N) is 3. The molecule has 2 fully saturated rings. The van der Waals surface area contributed by atoms with E-state index in [0.717, 1.165) is 25.3 Å². The average Bonchev–Trinajstić information content (AvgIpc) is 3.21. The van der Waals surface area contributed by atoms with Crippen LogP contribution in [-0.4, -0.2) is 67.7 Å². The molecule has 0 unspecified atom stereocenters. The van der Waals surface area contributed by atoms with Gasteiger partial charge in [-0.2, -0.15) is 0 Å². The zero-order valence-corrected chi connectivity index (χ0v) is 17.0. The molecule has 0 aliphatic carbocycles. The molecule has 0 saturated carbocycles. The first-order chi connectivity index (χ1) is 14.7.